The standard InChI is InChI=1S/C16H24ClN3/c1-12-10-19-8-3-2-6-14(19)11-20(12)16-13(9-18)5-4-7-15(16)17/h4-5,7,12,14H,2-3,6,8-11,18H2,1H3. The van der Waals surface area contributed by atoms with Crippen LogP contribution in [0.1, 0.15) is 31.7 Å². The lowest BCUT2D eigenvalue weighted by Gasteiger charge is -2.49. The Morgan fingerprint density at radius 2 is 2.15 bits per heavy atom. The monoisotopic (exact) mass is 293 g/mol. The van der Waals surface area contributed by atoms with Gasteiger partial charge in [-0.05, 0) is 37.9 Å². The minimum atomic E-state index is 0.495. The molecular formula is C16H24ClN3. The van der Waals surface area contributed by atoms with E-state index in [2.05, 4.69) is 22.8 Å². The van der Waals surface area contributed by atoms with Crippen LogP contribution in [-0.4, -0.2) is 36.6 Å². The van der Waals surface area contributed by atoms with Crippen molar-refractivity contribution in [2.24, 2.45) is 5.73 Å². The van der Waals surface area contributed by atoms with Gasteiger partial charge >= 0.3 is 0 Å². The fourth-order valence-corrected chi connectivity index (χ4v) is 4.01. The Balaban J connectivity index is 1.90. The minimum absolute atomic E-state index is 0.495. The van der Waals surface area contributed by atoms with E-state index in [0.29, 0.717) is 18.6 Å². The summed E-state index contributed by atoms with van der Waals surface area (Å²) in [6.45, 7) is 6.33. The van der Waals surface area contributed by atoms with Crippen LogP contribution in [0.25, 0.3) is 0 Å². The Morgan fingerprint density at radius 3 is 2.95 bits per heavy atom. The van der Waals surface area contributed by atoms with Gasteiger partial charge in [-0.15, -0.1) is 0 Å². The number of rotatable bonds is 2. The third kappa shape index (κ3) is 2.54. The number of benzene rings is 1. The quantitative estimate of drug-likeness (QED) is 0.910. The number of hydrogen-bond acceptors (Lipinski definition) is 3. The van der Waals surface area contributed by atoms with Gasteiger partial charge in [-0.1, -0.05) is 30.2 Å². The summed E-state index contributed by atoms with van der Waals surface area (Å²) in [5.74, 6) is 0. The van der Waals surface area contributed by atoms with Crippen LogP contribution in [0.2, 0.25) is 5.02 Å². The van der Waals surface area contributed by atoms with E-state index < -0.39 is 0 Å². The van der Waals surface area contributed by atoms with Gasteiger partial charge in [-0.2, -0.15) is 0 Å². The molecule has 110 valence electrons. The summed E-state index contributed by atoms with van der Waals surface area (Å²) in [7, 11) is 0. The summed E-state index contributed by atoms with van der Waals surface area (Å²) >= 11 is 6.47. The molecule has 4 heteroatoms. The molecule has 2 aliphatic rings. The Labute approximate surface area is 126 Å². The maximum Gasteiger partial charge on any atom is 0.0643 e. The van der Waals surface area contributed by atoms with Crippen LogP contribution in [0, 0.1) is 0 Å². The topological polar surface area (TPSA) is 32.5 Å². The predicted octanol–water partition coefficient (Wildman–Crippen LogP) is 2.86. The van der Waals surface area contributed by atoms with Crippen LogP contribution < -0.4 is 10.6 Å². The third-order valence-electron chi connectivity index (χ3n) is 4.76. The Morgan fingerprint density at radius 1 is 1.30 bits per heavy atom. The molecule has 0 bridgehead atoms. The summed E-state index contributed by atoms with van der Waals surface area (Å²) < 4.78 is 0. The largest absolute Gasteiger partial charge is 0.365 e. The fourth-order valence-electron chi connectivity index (χ4n) is 3.71. The number of para-hydroxylation sites is 1. The zero-order valence-electron chi connectivity index (χ0n) is 12.2. The number of halogens is 1. The van der Waals surface area contributed by atoms with Crippen LogP contribution in [0.15, 0.2) is 18.2 Å². The summed E-state index contributed by atoms with van der Waals surface area (Å²) in [5, 5.41) is 0.837. The number of piperazine rings is 1. The predicted molar refractivity (Wildman–Crippen MR) is 85.4 cm³/mol. The number of fused-ring (bicyclic) bond motifs is 1. The van der Waals surface area contributed by atoms with Crippen molar-refractivity contribution in [3.63, 3.8) is 0 Å². The summed E-state index contributed by atoms with van der Waals surface area (Å²) in [5.41, 5.74) is 8.23. The van der Waals surface area contributed by atoms with Crippen molar-refractivity contribution in [2.75, 3.05) is 24.5 Å². The van der Waals surface area contributed by atoms with Gasteiger partial charge in [0, 0.05) is 31.7 Å². The second-order valence-electron chi connectivity index (χ2n) is 6.10. The van der Waals surface area contributed by atoms with Crippen LogP contribution in [-0.2, 0) is 6.54 Å². The van der Waals surface area contributed by atoms with E-state index in [9.17, 15) is 0 Å². The molecule has 3 nitrogen and oxygen atoms in total. The highest BCUT2D eigenvalue weighted by atomic mass is 35.5. The molecule has 2 N–H and O–H groups in total. The number of piperidine rings is 1. The molecule has 2 fully saturated rings. The molecule has 2 unspecified atom stereocenters. The lowest BCUT2D eigenvalue weighted by atomic mass is 9.96. The van der Waals surface area contributed by atoms with Gasteiger partial charge in [0.2, 0.25) is 0 Å². The highest BCUT2D eigenvalue weighted by Crippen LogP contribution is 2.35. The first-order valence-corrected chi connectivity index (χ1v) is 8.06. The summed E-state index contributed by atoms with van der Waals surface area (Å²) in [6.07, 6.45) is 4.02. The maximum absolute atomic E-state index is 6.47. The van der Waals surface area contributed by atoms with Gasteiger partial charge in [0.1, 0.15) is 0 Å². The SMILES string of the molecule is CC1CN2CCCCC2CN1c1c(Cl)cccc1CN. The first kappa shape index (κ1) is 14.2. The zero-order chi connectivity index (χ0) is 14.1. The Hall–Kier alpha value is -0.770. The first-order valence-electron chi connectivity index (χ1n) is 7.69. The van der Waals surface area contributed by atoms with Crippen molar-refractivity contribution >= 4 is 17.3 Å². The zero-order valence-corrected chi connectivity index (χ0v) is 12.9. The molecule has 3 rings (SSSR count). The van der Waals surface area contributed by atoms with Gasteiger partial charge in [0.25, 0.3) is 0 Å². The number of anilines is 1. The highest BCUT2D eigenvalue weighted by Gasteiger charge is 2.34. The van der Waals surface area contributed by atoms with Crippen molar-refractivity contribution in [1.82, 2.24) is 4.90 Å². The molecule has 2 atom stereocenters. The smallest absolute Gasteiger partial charge is 0.0643 e. The second-order valence-corrected chi connectivity index (χ2v) is 6.50. The average Bonchev–Trinajstić information content (AvgIpc) is 2.46. The van der Waals surface area contributed by atoms with Gasteiger partial charge < -0.3 is 10.6 Å². The maximum atomic E-state index is 6.47. The van der Waals surface area contributed by atoms with E-state index >= 15 is 0 Å². The van der Waals surface area contributed by atoms with E-state index in [0.717, 1.165) is 29.4 Å². The average molecular weight is 294 g/mol. The van der Waals surface area contributed by atoms with Gasteiger partial charge in [0.15, 0.2) is 0 Å². The van der Waals surface area contributed by atoms with Crippen molar-refractivity contribution in [1.29, 1.82) is 0 Å². The van der Waals surface area contributed by atoms with Crippen molar-refractivity contribution in [3.8, 4) is 0 Å². The third-order valence-corrected chi connectivity index (χ3v) is 5.07. The molecule has 20 heavy (non-hydrogen) atoms. The molecule has 0 aromatic heterocycles. The molecule has 0 saturated carbocycles. The van der Waals surface area contributed by atoms with Gasteiger partial charge in [-0.3, -0.25) is 4.90 Å². The molecule has 0 radical (unpaired) electrons. The minimum Gasteiger partial charge on any atom is -0.365 e. The Bertz CT molecular complexity index is 477. The van der Waals surface area contributed by atoms with E-state index in [1.165, 1.54) is 25.8 Å². The molecule has 0 amide bonds. The molecule has 0 spiro atoms. The molecule has 2 saturated heterocycles. The molecule has 1 aromatic carbocycles. The second kappa shape index (κ2) is 5.92. The highest BCUT2D eigenvalue weighted by molar-refractivity contribution is 6.33. The molecule has 0 aliphatic carbocycles. The number of nitrogens with zero attached hydrogens (tertiary/aromatic N) is 2. The van der Waals surface area contributed by atoms with Crippen molar-refractivity contribution in [3.05, 3.63) is 28.8 Å². The first-order chi connectivity index (χ1) is 9.70. The fraction of sp³-hybridized carbons (Fsp3) is 0.625. The van der Waals surface area contributed by atoms with E-state index in [1.54, 1.807) is 0 Å². The van der Waals surface area contributed by atoms with Crippen LogP contribution >= 0.6 is 11.6 Å². The van der Waals surface area contributed by atoms with E-state index in [-0.39, 0.29) is 0 Å². The van der Waals surface area contributed by atoms with Crippen molar-refractivity contribution in [2.45, 2.75) is 44.8 Å². The van der Waals surface area contributed by atoms with E-state index in [4.69, 9.17) is 17.3 Å². The van der Waals surface area contributed by atoms with Crippen LogP contribution in [0.3, 0.4) is 0 Å². The molecule has 1 aromatic rings. The van der Waals surface area contributed by atoms with Gasteiger partial charge in [0.05, 0.1) is 10.7 Å². The van der Waals surface area contributed by atoms with Crippen LogP contribution in [0.4, 0.5) is 5.69 Å². The van der Waals surface area contributed by atoms with Gasteiger partial charge in [-0.25, -0.2) is 0 Å². The van der Waals surface area contributed by atoms with Crippen molar-refractivity contribution < 1.29 is 0 Å². The summed E-state index contributed by atoms with van der Waals surface area (Å²) in [6, 6.07) is 7.25. The van der Waals surface area contributed by atoms with Crippen LogP contribution in [0.5, 0.6) is 0 Å². The Kier molecular flexibility index (Phi) is 4.20. The van der Waals surface area contributed by atoms with E-state index in [1.807, 2.05) is 12.1 Å². The number of nitrogens with two attached hydrogens (primary N) is 1. The molecule has 2 aliphatic heterocycles. The number of hydrogen-bond donors (Lipinski definition) is 1. The summed E-state index contributed by atoms with van der Waals surface area (Å²) in [4.78, 5) is 5.14. The lowest BCUT2D eigenvalue weighted by molar-refractivity contribution is 0.115. The normalized spacial score (nSPS) is 27.4. The lowest BCUT2D eigenvalue weighted by Crippen LogP contribution is -2.59. The molecular weight excluding hydrogens is 270 g/mol. The molecule has 2 heterocycles.